The number of pyridine rings is 1. The highest BCUT2D eigenvalue weighted by molar-refractivity contribution is 6.34. The lowest BCUT2D eigenvalue weighted by molar-refractivity contribution is 0.460. The number of nitrogens with zero attached hydrogens (tertiary/aromatic N) is 1. The Morgan fingerprint density at radius 2 is 1.79 bits per heavy atom. The van der Waals surface area contributed by atoms with E-state index in [1.165, 1.54) is 0 Å². The molecule has 0 bridgehead atoms. The monoisotopic (exact) mass is 296 g/mol. The first-order valence-corrected chi connectivity index (χ1v) is 6.58. The molecule has 1 heterocycles. The lowest BCUT2D eigenvalue weighted by atomic mass is 10.2. The summed E-state index contributed by atoms with van der Waals surface area (Å²) in [5.41, 5.74) is 2.01. The summed E-state index contributed by atoms with van der Waals surface area (Å²) in [6.07, 6.45) is 0. The Morgan fingerprint density at radius 3 is 2.42 bits per heavy atom. The molecule has 0 unspecified atom stereocenters. The highest BCUT2D eigenvalue weighted by Crippen LogP contribution is 2.28. The van der Waals surface area contributed by atoms with Crippen molar-refractivity contribution in [1.29, 1.82) is 0 Å². The van der Waals surface area contributed by atoms with Crippen LogP contribution in [0, 0.1) is 6.92 Å². The molecule has 1 aromatic carbocycles. The number of hydrogen-bond acceptors (Lipinski definition) is 3. The third-order valence-corrected chi connectivity index (χ3v) is 2.87. The largest absolute Gasteiger partial charge is 0.439 e. The molecule has 0 fully saturated rings. The molecule has 1 aromatic heterocycles. The first kappa shape index (κ1) is 14.1. The predicted octanol–water partition coefficient (Wildman–Crippen LogP) is 4.21. The number of rotatable bonds is 4. The average Bonchev–Trinajstić information content (AvgIpc) is 2.26. The molecular weight excluding hydrogens is 283 g/mol. The van der Waals surface area contributed by atoms with E-state index in [1.54, 1.807) is 18.2 Å². The third-order valence-electron chi connectivity index (χ3n) is 2.43. The molecule has 0 aliphatic carbocycles. The number of ether oxygens (including phenoxy) is 1. The Balaban J connectivity index is 2.27. The maximum atomic E-state index is 5.93. The van der Waals surface area contributed by atoms with Crippen LogP contribution in [0.15, 0.2) is 30.3 Å². The van der Waals surface area contributed by atoms with Gasteiger partial charge in [-0.2, -0.15) is 0 Å². The SMILES string of the molecule is CNCc1cc(C)nc(Oc2cc(Cl)cc(Cl)c2)c1. The van der Waals surface area contributed by atoms with Crippen LogP contribution in [0.5, 0.6) is 11.6 Å². The Hall–Kier alpha value is -1.29. The molecule has 1 N–H and O–H groups in total. The molecule has 2 aromatic rings. The molecule has 0 atom stereocenters. The summed E-state index contributed by atoms with van der Waals surface area (Å²) in [6, 6.07) is 8.96. The number of hydrogen-bond donors (Lipinski definition) is 1. The number of aromatic nitrogens is 1. The fraction of sp³-hybridized carbons (Fsp3) is 0.214. The normalized spacial score (nSPS) is 10.5. The van der Waals surface area contributed by atoms with Crippen LogP contribution < -0.4 is 10.1 Å². The standard InChI is InChI=1S/C14H14Cl2N2O/c1-9-3-10(8-17-2)4-14(18-9)19-13-6-11(15)5-12(16)7-13/h3-7,17H,8H2,1-2H3. The van der Waals surface area contributed by atoms with Crippen molar-refractivity contribution in [2.24, 2.45) is 0 Å². The van der Waals surface area contributed by atoms with Crippen molar-refractivity contribution < 1.29 is 4.74 Å². The molecule has 5 heteroatoms. The van der Waals surface area contributed by atoms with Gasteiger partial charge in [0.2, 0.25) is 5.88 Å². The van der Waals surface area contributed by atoms with Crippen LogP contribution in [-0.4, -0.2) is 12.0 Å². The summed E-state index contributed by atoms with van der Waals surface area (Å²) >= 11 is 11.9. The molecule has 0 saturated heterocycles. The van der Waals surface area contributed by atoms with E-state index in [2.05, 4.69) is 10.3 Å². The molecule has 0 aliphatic heterocycles. The minimum Gasteiger partial charge on any atom is -0.439 e. The van der Waals surface area contributed by atoms with Crippen molar-refractivity contribution in [3.8, 4) is 11.6 Å². The molecule has 0 spiro atoms. The van der Waals surface area contributed by atoms with Gasteiger partial charge in [-0.05, 0) is 43.8 Å². The molecule has 0 saturated carbocycles. The first-order chi connectivity index (χ1) is 9.06. The smallest absolute Gasteiger partial charge is 0.219 e. The van der Waals surface area contributed by atoms with Crippen molar-refractivity contribution in [2.75, 3.05) is 7.05 Å². The molecule has 0 amide bonds. The maximum absolute atomic E-state index is 5.93. The maximum Gasteiger partial charge on any atom is 0.219 e. The Labute approximate surface area is 122 Å². The molecule has 0 radical (unpaired) electrons. The number of aryl methyl sites for hydroxylation is 1. The van der Waals surface area contributed by atoms with Crippen molar-refractivity contribution in [1.82, 2.24) is 10.3 Å². The lowest BCUT2D eigenvalue weighted by Crippen LogP contribution is -2.06. The second kappa shape index (κ2) is 6.24. The summed E-state index contributed by atoms with van der Waals surface area (Å²) in [5.74, 6) is 1.11. The van der Waals surface area contributed by atoms with Gasteiger partial charge in [-0.1, -0.05) is 23.2 Å². The Morgan fingerprint density at radius 1 is 1.11 bits per heavy atom. The third kappa shape index (κ3) is 4.10. The van der Waals surface area contributed by atoms with Crippen LogP contribution in [-0.2, 0) is 6.54 Å². The zero-order chi connectivity index (χ0) is 13.8. The molecule has 19 heavy (non-hydrogen) atoms. The van der Waals surface area contributed by atoms with Crippen LogP contribution >= 0.6 is 23.2 Å². The van der Waals surface area contributed by atoms with Gasteiger partial charge in [0, 0.05) is 28.4 Å². The van der Waals surface area contributed by atoms with E-state index in [1.807, 2.05) is 26.1 Å². The summed E-state index contributed by atoms with van der Waals surface area (Å²) in [7, 11) is 1.90. The number of halogens is 2. The minimum absolute atomic E-state index is 0.531. The topological polar surface area (TPSA) is 34.2 Å². The summed E-state index contributed by atoms with van der Waals surface area (Å²) in [5, 5.41) is 4.16. The zero-order valence-corrected chi connectivity index (χ0v) is 12.2. The zero-order valence-electron chi connectivity index (χ0n) is 10.7. The highest BCUT2D eigenvalue weighted by atomic mass is 35.5. The highest BCUT2D eigenvalue weighted by Gasteiger charge is 2.05. The fourth-order valence-corrected chi connectivity index (χ4v) is 2.28. The predicted molar refractivity (Wildman–Crippen MR) is 78.3 cm³/mol. The van der Waals surface area contributed by atoms with Gasteiger partial charge in [0.05, 0.1) is 0 Å². The minimum atomic E-state index is 0.531. The van der Waals surface area contributed by atoms with E-state index < -0.39 is 0 Å². The van der Waals surface area contributed by atoms with E-state index in [0.717, 1.165) is 17.8 Å². The van der Waals surface area contributed by atoms with Crippen molar-refractivity contribution in [2.45, 2.75) is 13.5 Å². The van der Waals surface area contributed by atoms with Crippen LogP contribution in [0.1, 0.15) is 11.3 Å². The van der Waals surface area contributed by atoms with Crippen molar-refractivity contribution in [3.05, 3.63) is 51.6 Å². The van der Waals surface area contributed by atoms with E-state index in [9.17, 15) is 0 Å². The lowest BCUT2D eigenvalue weighted by Gasteiger charge is -2.09. The van der Waals surface area contributed by atoms with Gasteiger partial charge >= 0.3 is 0 Å². The van der Waals surface area contributed by atoms with Gasteiger partial charge in [-0.15, -0.1) is 0 Å². The average molecular weight is 297 g/mol. The van der Waals surface area contributed by atoms with Crippen LogP contribution in [0.3, 0.4) is 0 Å². The molecule has 100 valence electrons. The quantitative estimate of drug-likeness (QED) is 0.918. The molecule has 0 aliphatic rings. The number of benzene rings is 1. The Kier molecular flexibility index (Phi) is 4.64. The van der Waals surface area contributed by atoms with Crippen molar-refractivity contribution in [3.63, 3.8) is 0 Å². The van der Waals surface area contributed by atoms with Gasteiger partial charge in [-0.25, -0.2) is 4.98 Å². The Bertz CT molecular complexity index is 567. The molecule has 2 rings (SSSR count). The summed E-state index contributed by atoms with van der Waals surface area (Å²) in [6.45, 7) is 2.69. The summed E-state index contributed by atoms with van der Waals surface area (Å²) in [4.78, 5) is 4.33. The van der Waals surface area contributed by atoms with Crippen LogP contribution in [0.2, 0.25) is 10.0 Å². The summed E-state index contributed by atoms with van der Waals surface area (Å²) < 4.78 is 5.70. The van der Waals surface area contributed by atoms with E-state index in [4.69, 9.17) is 27.9 Å². The fourth-order valence-electron chi connectivity index (χ4n) is 1.77. The first-order valence-electron chi connectivity index (χ1n) is 5.83. The van der Waals surface area contributed by atoms with Crippen LogP contribution in [0.4, 0.5) is 0 Å². The van der Waals surface area contributed by atoms with Crippen molar-refractivity contribution >= 4 is 23.2 Å². The van der Waals surface area contributed by atoms with E-state index in [0.29, 0.717) is 21.7 Å². The molecular formula is C14H14Cl2N2O. The van der Waals surface area contributed by atoms with Gasteiger partial charge < -0.3 is 10.1 Å². The van der Waals surface area contributed by atoms with Gasteiger partial charge in [0.1, 0.15) is 5.75 Å². The molecule has 3 nitrogen and oxygen atoms in total. The van der Waals surface area contributed by atoms with Gasteiger partial charge in [0.15, 0.2) is 0 Å². The van der Waals surface area contributed by atoms with Gasteiger partial charge in [0.25, 0.3) is 0 Å². The van der Waals surface area contributed by atoms with Crippen LogP contribution in [0.25, 0.3) is 0 Å². The van der Waals surface area contributed by atoms with E-state index >= 15 is 0 Å². The second-order valence-corrected chi connectivity index (χ2v) is 5.07. The van der Waals surface area contributed by atoms with Gasteiger partial charge in [-0.3, -0.25) is 0 Å². The second-order valence-electron chi connectivity index (χ2n) is 4.19. The number of nitrogens with one attached hydrogen (secondary N) is 1. The van der Waals surface area contributed by atoms with E-state index in [-0.39, 0.29) is 0 Å².